The zero-order valence-electron chi connectivity index (χ0n) is 18.6. The summed E-state index contributed by atoms with van der Waals surface area (Å²) in [5.74, 6) is 0.574. The summed E-state index contributed by atoms with van der Waals surface area (Å²) in [5, 5.41) is 21.3. The molecule has 3 heteroatoms. The van der Waals surface area contributed by atoms with E-state index in [0.717, 1.165) is 51.1 Å². The van der Waals surface area contributed by atoms with Crippen LogP contribution in [0.3, 0.4) is 0 Å². The topological polar surface area (TPSA) is 66.5 Å². The number of hydrogen-bond acceptors (Lipinski definition) is 3. The van der Waals surface area contributed by atoms with Crippen LogP contribution in [0.1, 0.15) is 40.5 Å². The third-order valence-electron chi connectivity index (χ3n) is 7.03. The van der Waals surface area contributed by atoms with Crippen LogP contribution in [-0.4, -0.2) is 10.2 Å². The van der Waals surface area contributed by atoms with Gasteiger partial charge in [0.1, 0.15) is 11.5 Å². The summed E-state index contributed by atoms with van der Waals surface area (Å²) in [6.45, 7) is 0. The molecule has 2 unspecified atom stereocenters. The van der Waals surface area contributed by atoms with Gasteiger partial charge in [0.05, 0.1) is 0 Å². The highest BCUT2D eigenvalue weighted by molar-refractivity contribution is 5.83. The standard InChI is InChI=1S/C31H25NO2/c32-23-12-10-21(11-13-23)26-17-27-25-15-14-24(33)16-28(25)31(29(27)18-30(26)34)22-8-6-20(7-9-22)19-4-2-1-3-5-19/h1-10,12-18,21,31,33-34H,11,32H2. The first-order chi connectivity index (χ1) is 16.6. The van der Waals surface area contributed by atoms with Crippen LogP contribution in [0.2, 0.25) is 0 Å². The highest BCUT2D eigenvalue weighted by Crippen LogP contribution is 2.52. The lowest BCUT2D eigenvalue weighted by atomic mass is 9.85. The lowest BCUT2D eigenvalue weighted by Gasteiger charge is -2.19. The van der Waals surface area contributed by atoms with Crippen LogP contribution in [0, 0.1) is 0 Å². The molecule has 0 bridgehead atoms. The van der Waals surface area contributed by atoms with Crippen molar-refractivity contribution in [2.24, 2.45) is 5.73 Å². The van der Waals surface area contributed by atoms with E-state index in [4.69, 9.17) is 5.73 Å². The van der Waals surface area contributed by atoms with Gasteiger partial charge >= 0.3 is 0 Å². The van der Waals surface area contributed by atoms with Gasteiger partial charge in [-0.15, -0.1) is 0 Å². The van der Waals surface area contributed by atoms with E-state index in [1.165, 1.54) is 5.56 Å². The molecule has 0 aromatic heterocycles. The Bertz CT molecular complexity index is 1450. The summed E-state index contributed by atoms with van der Waals surface area (Å²) in [7, 11) is 0. The molecule has 0 saturated heterocycles. The van der Waals surface area contributed by atoms with Crippen molar-refractivity contribution in [3.05, 3.63) is 131 Å². The summed E-state index contributed by atoms with van der Waals surface area (Å²) in [6, 6.07) is 28.5. The molecule has 0 saturated carbocycles. The number of nitrogens with two attached hydrogens (primary N) is 1. The zero-order valence-corrected chi connectivity index (χ0v) is 18.6. The zero-order chi connectivity index (χ0) is 23.2. The van der Waals surface area contributed by atoms with Gasteiger partial charge in [-0.05, 0) is 75.7 Å². The van der Waals surface area contributed by atoms with E-state index in [0.29, 0.717) is 5.75 Å². The normalized spacial score (nSPS) is 18.3. The lowest BCUT2D eigenvalue weighted by molar-refractivity contribution is 0.464. The molecule has 166 valence electrons. The van der Waals surface area contributed by atoms with Crippen LogP contribution in [-0.2, 0) is 0 Å². The van der Waals surface area contributed by atoms with Crippen molar-refractivity contribution in [2.45, 2.75) is 18.3 Å². The molecule has 0 heterocycles. The van der Waals surface area contributed by atoms with E-state index in [2.05, 4.69) is 48.5 Å². The van der Waals surface area contributed by atoms with Gasteiger partial charge in [-0.1, -0.05) is 72.8 Å². The number of rotatable bonds is 3. The molecule has 4 aromatic rings. The van der Waals surface area contributed by atoms with Crippen molar-refractivity contribution in [3.8, 4) is 33.8 Å². The van der Waals surface area contributed by atoms with E-state index in [-0.39, 0.29) is 17.6 Å². The predicted octanol–water partition coefficient (Wildman–Crippen LogP) is 6.81. The molecule has 0 amide bonds. The van der Waals surface area contributed by atoms with Crippen molar-refractivity contribution in [2.75, 3.05) is 0 Å². The average molecular weight is 444 g/mol. The molecule has 2 aliphatic rings. The summed E-state index contributed by atoms with van der Waals surface area (Å²) in [5.41, 5.74) is 15.4. The third-order valence-corrected chi connectivity index (χ3v) is 7.03. The van der Waals surface area contributed by atoms with Crippen molar-refractivity contribution in [3.63, 3.8) is 0 Å². The molecule has 0 aliphatic heterocycles. The van der Waals surface area contributed by atoms with Crippen LogP contribution < -0.4 is 5.73 Å². The summed E-state index contributed by atoms with van der Waals surface area (Å²) in [4.78, 5) is 0. The van der Waals surface area contributed by atoms with Gasteiger partial charge < -0.3 is 15.9 Å². The Morgan fingerprint density at radius 3 is 2.18 bits per heavy atom. The molecule has 4 aromatic carbocycles. The summed E-state index contributed by atoms with van der Waals surface area (Å²) >= 11 is 0. The first-order valence-electron chi connectivity index (χ1n) is 11.6. The van der Waals surface area contributed by atoms with Crippen LogP contribution >= 0.6 is 0 Å². The number of fused-ring (bicyclic) bond motifs is 3. The molecule has 4 N–H and O–H groups in total. The van der Waals surface area contributed by atoms with E-state index < -0.39 is 0 Å². The highest BCUT2D eigenvalue weighted by atomic mass is 16.3. The number of phenolic OH excluding ortho intramolecular Hbond substituents is 2. The van der Waals surface area contributed by atoms with Crippen LogP contribution in [0.25, 0.3) is 22.3 Å². The quantitative estimate of drug-likeness (QED) is 0.287. The number of allylic oxidation sites excluding steroid dienone is 3. The number of benzene rings is 4. The second-order valence-corrected chi connectivity index (χ2v) is 9.10. The first kappa shape index (κ1) is 20.4. The predicted molar refractivity (Wildman–Crippen MR) is 137 cm³/mol. The molecule has 2 atom stereocenters. The van der Waals surface area contributed by atoms with Crippen LogP contribution in [0.15, 0.2) is 109 Å². The smallest absolute Gasteiger partial charge is 0.119 e. The molecule has 34 heavy (non-hydrogen) atoms. The van der Waals surface area contributed by atoms with Gasteiger partial charge in [0.25, 0.3) is 0 Å². The van der Waals surface area contributed by atoms with E-state index in [1.54, 1.807) is 6.07 Å². The number of aromatic hydroxyl groups is 2. The average Bonchev–Trinajstić information content (AvgIpc) is 3.17. The second kappa shape index (κ2) is 7.96. The maximum Gasteiger partial charge on any atom is 0.119 e. The third kappa shape index (κ3) is 3.37. The Labute approximate surface area is 199 Å². The van der Waals surface area contributed by atoms with Gasteiger partial charge in [0.2, 0.25) is 0 Å². The molecule has 6 rings (SSSR count). The van der Waals surface area contributed by atoms with Crippen LogP contribution in [0.4, 0.5) is 0 Å². The second-order valence-electron chi connectivity index (χ2n) is 9.10. The largest absolute Gasteiger partial charge is 0.508 e. The Morgan fingerprint density at radius 1 is 0.706 bits per heavy atom. The summed E-state index contributed by atoms with van der Waals surface area (Å²) in [6.07, 6.45) is 6.73. The fourth-order valence-electron chi connectivity index (χ4n) is 5.32. The molecular formula is C31H25NO2. The van der Waals surface area contributed by atoms with Crippen molar-refractivity contribution >= 4 is 0 Å². The Morgan fingerprint density at radius 2 is 1.44 bits per heavy atom. The maximum absolute atomic E-state index is 11.0. The number of phenols is 2. The van der Waals surface area contributed by atoms with Gasteiger partial charge in [-0.3, -0.25) is 0 Å². The summed E-state index contributed by atoms with van der Waals surface area (Å²) < 4.78 is 0. The van der Waals surface area contributed by atoms with Gasteiger partial charge in [-0.2, -0.15) is 0 Å². The SMILES string of the molecule is NC1=CCC(c2cc3c(cc2O)C(c2ccc(-c4ccccc4)cc2)c2cc(O)ccc2-3)C=C1. The molecule has 0 fully saturated rings. The van der Waals surface area contributed by atoms with Crippen molar-refractivity contribution < 1.29 is 10.2 Å². The van der Waals surface area contributed by atoms with E-state index in [9.17, 15) is 10.2 Å². The Hall–Kier alpha value is -4.24. The lowest BCUT2D eigenvalue weighted by Crippen LogP contribution is -2.04. The minimum Gasteiger partial charge on any atom is -0.508 e. The fourth-order valence-corrected chi connectivity index (χ4v) is 5.32. The van der Waals surface area contributed by atoms with Crippen molar-refractivity contribution in [1.29, 1.82) is 0 Å². The highest BCUT2D eigenvalue weighted by Gasteiger charge is 2.32. The fraction of sp³-hybridized carbons (Fsp3) is 0.0968. The minimum atomic E-state index is -0.0562. The van der Waals surface area contributed by atoms with Gasteiger partial charge in [0, 0.05) is 23.1 Å². The minimum absolute atomic E-state index is 0.0562. The van der Waals surface area contributed by atoms with E-state index in [1.807, 2.05) is 48.6 Å². The van der Waals surface area contributed by atoms with Crippen LogP contribution in [0.5, 0.6) is 11.5 Å². The molecule has 2 aliphatic carbocycles. The number of hydrogen-bond donors (Lipinski definition) is 3. The molecule has 3 nitrogen and oxygen atoms in total. The molecular weight excluding hydrogens is 418 g/mol. The van der Waals surface area contributed by atoms with Crippen molar-refractivity contribution in [1.82, 2.24) is 0 Å². The molecule has 0 radical (unpaired) electrons. The Balaban J connectivity index is 1.46. The Kier molecular flexibility index (Phi) is 4.77. The maximum atomic E-state index is 11.0. The van der Waals surface area contributed by atoms with Gasteiger partial charge in [0.15, 0.2) is 0 Å². The molecule has 0 spiro atoms. The van der Waals surface area contributed by atoms with Gasteiger partial charge in [-0.25, -0.2) is 0 Å². The van der Waals surface area contributed by atoms with E-state index >= 15 is 0 Å². The monoisotopic (exact) mass is 443 g/mol. The first-order valence-corrected chi connectivity index (χ1v) is 11.6.